The molecule has 2 heteroatoms. The van der Waals surface area contributed by atoms with Gasteiger partial charge in [0.2, 0.25) is 0 Å². The average Bonchev–Trinajstić information content (AvgIpc) is 2.77. The van der Waals surface area contributed by atoms with Crippen LogP contribution >= 0.6 is 9.69 Å². The molecule has 0 unspecified atom stereocenters. The van der Waals surface area contributed by atoms with Gasteiger partial charge in [0.1, 0.15) is 0 Å². The maximum atomic E-state index is 6.42. The van der Waals surface area contributed by atoms with Crippen LogP contribution < -0.4 is 0 Å². The van der Waals surface area contributed by atoms with Gasteiger partial charge in [-0.25, -0.2) is 0 Å². The van der Waals surface area contributed by atoms with Crippen LogP contribution in [0.25, 0.3) is 0 Å². The third kappa shape index (κ3) is 1.62. The fraction of sp³-hybridized carbons (Fsp3) is 0.200. The van der Waals surface area contributed by atoms with Crippen LogP contribution in [0.1, 0.15) is 12.8 Å². The summed E-state index contributed by atoms with van der Waals surface area (Å²) in [6.07, 6.45) is 15.1. The van der Waals surface area contributed by atoms with Gasteiger partial charge in [-0.3, -0.25) is 0 Å². The molecule has 2 rings (SSSR count). The molecule has 0 fully saturated rings. The Morgan fingerprint density at radius 2 is 1.50 bits per heavy atom. The van der Waals surface area contributed by atoms with E-state index in [1.165, 1.54) is 8.33 Å². The monoisotopic (exact) mass is 267 g/mol. The van der Waals surface area contributed by atoms with Crippen LogP contribution in [-0.4, -0.2) is 0 Å². The van der Waals surface area contributed by atoms with Crippen LogP contribution in [-0.2, 0) is 15.0 Å². The van der Waals surface area contributed by atoms with Gasteiger partial charge in [0.25, 0.3) is 0 Å². The fourth-order valence-electron chi connectivity index (χ4n) is 1.21. The van der Waals surface area contributed by atoms with Crippen molar-refractivity contribution in [1.29, 1.82) is 0 Å². The molecular formula is C10H10ClRu. The number of halogens is 1. The minimum absolute atomic E-state index is 1.08. The van der Waals surface area contributed by atoms with Crippen LogP contribution in [0.3, 0.4) is 0 Å². The van der Waals surface area contributed by atoms with Crippen molar-refractivity contribution in [3.05, 3.63) is 44.8 Å². The Morgan fingerprint density at radius 1 is 1.00 bits per heavy atom. The van der Waals surface area contributed by atoms with Crippen LogP contribution in [0.15, 0.2) is 44.8 Å². The summed E-state index contributed by atoms with van der Waals surface area (Å²) in [4.78, 5) is 0. The van der Waals surface area contributed by atoms with E-state index in [4.69, 9.17) is 9.69 Å². The van der Waals surface area contributed by atoms with Gasteiger partial charge < -0.3 is 0 Å². The summed E-state index contributed by atoms with van der Waals surface area (Å²) in [5.41, 5.74) is 0. The van der Waals surface area contributed by atoms with Crippen LogP contribution in [0, 0.1) is 0 Å². The quantitative estimate of drug-likeness (QED) is 0.672. The van der Waals surface area contributed by atoms with Crippen LogP contribution in [0.4, 0.5) is 0 Å². The molecule has 0 spiro atoms. The molecule has 0 atom stereocenters. The molecule has 12 heavy (non-hydrogen) atoms. The number of rotatable bonds is 2. The first kappa shape index (κ1) is 8.47. The van der Waals surface area contributed by atoms with E-state index >= 15 is 0 Å². The zero-order chi connectivity index (χ0) is 8.39. The van der Waals surface area contributed by atoms with Gasteiger partial charge in [-0.1, -0.05) is 0 Å². The molecule has 0 bridgehead atoms. The molecular weight excluding hydrogens is 257 g/mol. The van der Waals surface area contributed by atoms with E-state index in [2.05, 4.69) is 36.5 Å². The zero-order valence-electron chi connectivity index (χ0n) is 6.61. The molecule has 0 aliphatic heterocycles. The van der Waals surface area contributed by atoms with Crippen molar-refractivity contribution in [1.82, 2.24) is 0 Å². The first-order valence-electron chi connectivity index (χ1n) is 3.92. The Balaban J connectivity index is 2.05. The Bertz CT molecular complexity index is 267. The number of hydrogen-bond acceptors (Lipinski definition) is 0. The van der Waals surface area contributed by atoms with Gasteiger partial charge >= 0.3 is 82.3 Å². The van der Waals surface area contributed by atoms with E-state index in [1.807, 2.05) is 0 Å². The van der Waals surface area contributed by atoms with Crippen molar-refractivity contribution < 1.29 is 15.0 Å². The van der Waals surface area contributed by atoms with Crippen molar-refractivity contribution in [2.24, 2.45) is 0 Å². The molecule has 0 aromatic rings. The molecule has 2 aliphatic rings. The van der Waals surface area contributed by atoms with Crippen molar-refractivity contribution in [2.45, 2.75) is 12.8 Å². The molecule has 0 saturated carbocycles. The Labute approximate surface area is 82.2 Å². The summed E-state index contributed by atoms with van der Waals surface area (Å²) >= 11 is -1.28. The fourth-order valence-corrected chi connectivity index (χ4v) is 4.97. The van der Waals surface area contributed by atoms with Crippen molar-refractivity contribution >= 4 is 9.69 Å². The second-order valence-electron chi connectivity index (χ2n) is 2.68. The van der Waals surface area contributed by atoms with Gasteiger partial charge in [-0.2, -0.15) is 0 Å². The van der Waals surface area contributed by atoms with Gasteiger partial charge in [0, 0.05) is 0 Å². The van der Waals surface area contributed by atoms with E-state index in [0.29, 0.717) is 0 Å². The third-order valence-corrected chi connectivity index (χ3v) is 7.11. The van der Waals surface area contributed by atoms with Crippen molar-refractivity contribution in [3.8, 4) is 0 Å². The van der Waals surface area contributed by atoms with Crippen LogP contribution in [0.2, 0.25) is 0 Å². The molecule has 65 valence electrons. The third-order valence-electron chi connectivity index (χ3n) is 1.83. The van der Waals surface area contributed by atoms with Crippen LogP contribution in [0.5, 0.6) is 0 Å². The Hall–Kier alpha value is -0.127. The SMILES string of the molecule is [Cl][Ru]([C]1=CC=CC1)[C]1=CC=CC1. The van der Waals surface area contributed by atoms with E-state index in [-0.39, 0.29) is 0 Å². The zero-order valence-corrected chi connectivity index (χ0v) is 9.10. The van der Waals surface area contributed by atoms with Gasteiger partial charge in [-0.15, -0.1) is 0 Å². The minimum atomic E-state index is -1.28. The summed E-state index contributed by atoms with van der Waals surface area (Å²) < 4.78 is 2.94. The Kier molecular flexibility index (Phi) is 2.63. The van der Waals surface area contributed by atoms with Gasteiger partial charge in [-0.05, 0) is 0 Å². The van der Waals surface area contributed by atoms with Gasteiger partial charge in [0.15, 0.2) is 0 Å². The second kappa shape index (κ2) is 3.72. The van der Waals surface area contributed by atoms with E-state index in [0.717, 1.165) is 12.8 Å². The average molecular weight is 267 g/mol. The summed E-state index contributed by atoms with van der Waals surface area (Å²) in [5.74, 6) is 0. The van der Waals surface area contributed by atoms with Crippen molar-refractivity contribution in [3.63, 3.8) is 0 Å². The molecule has 0 nitrogen and oxygen atoms in total. The topological polar surface area (TPSA) is 0 Å². The number of allylic oxidation sites excluding steroid dienone is 8. The molecule has 0 saturated heterocycles. The molecule has 0 aromatic carbocycles. The summed E-state index contributed by atoms with van der Waals surface area (Å²) in [7, 11) is 6.42. The normalized spacial score (nSPS) is 21.2. The molecule has 2 aliphatic carbocycles. The predicted octanol–water partition coefficient (Wildman–Crippen LogP) is 3.45. The second-order valence-corrected chi connectivity index (χ2v) is 7.59. The Morgan fingerprint density at radius 3 is 1.83 bits per heavy atom. The first-order chi connectivity index (χ1) is 5.88. The molecule has 0 aromatic heterocycles. The van der Waals surface area contributed by atoms with Gasteiger partial charge in [0.05, 0.1) is 0 Å². The van der Waals surface area contributed by atoms with Crippen molar-refractivity contribution in [2.75, 3.05) is 0 Å². The molecule has 0 N–H and O–H groups in total. The van der Waals surface area contributed by atoms with E-state index < -0.39 is 15.0 Å². The number of hydrogen-bond donors (Lipinski definition) is 0. The molecule has 0 radical (unpaired) electrons. The predicted molar refractivity (Wildman–Crippen MR) is 49.5 cm³/mol. The first-order valence-corrected chi connectivity index (χ1v) is 7.90. The van der Waals surface area contributed by atoms with E-state index in [9.17, 15) is 0 Å². The summed E-state index contributed by atoms with van der Waals surface area (Å²) in [6.45, 7) is 0. The maximum absolute atomic E-state index is 6.42. The molecule has 0 heterocycles. The van der Waals surface area contributed by atoms with E-state index in [1.54, 1.807) is 0 Å². The standard InChI is InChI=1S/2C5H5.ClH.Ru/c2*1-2-4-5-3-1;;/h2*1-3H,4H2;1H;/q;;;+1/p-1. The molecule has 0 amide bonds. The summed E-state index contributed by atoms with van der Waals surface area (Å²) in [5, 5.41) is 0. The summed E-state index contributed by atoms with van der Waals surface area (Å²) in [6, 6.07) is 0.